The number of carbonyl (C=O) groups is 1. The Balaban J connectivity index is 1.69. The third-order valence-corrected chi connectivity index (χ3v) is 4.87. The zero-order valence-electron chi connectivity index (χ0n) is 14.9. The minimum Gasteiger partial charge on any atom is -0.446 e. The van der Waals surface area contributed by atoms with E-state index in [1.807, 2.05) is 31.2 Å². The van der Waals surface area contributed by atoms with Crippen molar-refractivity contribution in [3.8, 4) is 11.1 Å². The molecule has 0 bridgehead atoms. The van der Waals surface area contributed by atoms with Gasteiger partial charge in [-0.25, -0.2) is 4.79 Å². The number of hydrogen-bond donors (Lipinski definition) is 2. The summed E-state index contributed by atoms with van der Waals surface area (Å²) in [4.78, 5) is 28.6. The second-order valence-electron chi connectivity index (χ2n) is 6.56. The molecule has 6 heteroatoms. The molecule has 0 spiro atoms. The van der Waals surface area contributed by atoms with E-state index in [2.05, 4.69) is 4.98 Å². The number of aliphatic hydroxyl groups is 1. The molecule has 138 valence electrons. The molecule has 1 amide bonds. The van der Waals surface area contributed by atoms with Gasteiger partial charge in [0.15, 0.2) is 0 Å². The van der Waals surface area contributed by atoms with Gasteiger partial charge in [0, 0.05) is 31.3 Å². The molecule has 3 rings (SSSR count). The molecule has 1 aromatic heterocycles. The number of amides is 1. The first-order chi connectivity index (χ1) is 12.6. The van der Waals surface area contributed by atoms with E-state index in [9.17, 15) is 9.59 Å². The third kappa shape index (κ3) is 3.96. The number of nitrogens with one attached hydrogen (secondary N) is 1. The van der Waals surface area contributed by atoms with Crippen molar-refractivity contribution in [3.05, 3.63) is 58.5 Å². The topological polar surface area (TPSA) is 82.6 Å². The molecule has 1 fully saturated rings. The lowest BCUT2D eigenvalue weighted by molar-refractivity contribution is 0.00760. The number of carbonyl (C=O) groups excluding carboxylic acids is 1. The number of H-pyrrole nitrogens is 1. The predicted octanol–water partition coefficient (Wildman–Crippen LogP) is 3.09. The van der Waals surface area contributed by atoms with Crippen LogP contribution in [0, 0.1) is 0 Å². The van der Waals surface area contributed by atoms with Gasteiger partial charge in [0.05, 0.1) is 6.04 Å². The minimum absolute atomic E-state index is 0.106. The van der Waals surface area contributed by atoms with Gasteiger partial charge < -0.3 is 19.7 Å². The highest BCUT2D eigenvalue weighted by molar-refractivity contribution is 5.69. The maximum absolute atomic E-state index is 12.3. The molecule has 26 heavy (non-hydrogen) atoms. The second kappa shape index (κ2) is 8.19. The van der Waals surface area contributed by atoms with Gasteiger partial charge in [0.25, 0.3) is 5.56 Å². The lowest BCUT2D eigenvalue weighted by Crippen LogP contribution is -2.43. The molecule has 2 aromatic rings. The number of cyclic esters (lactones) is 1. The lowest BCUT2D eigenvalue weighted by Gasteiger charge is -2.35. The van der Waals surface area contributed by atoms with Crippen LogP contribution in [0.25, 0.3) is 11.1 Å². The Bertz CT molecular complexity index is 800. The van der Waals surface area contributed by atoms with Crippen molar-refractivity contribution in [2.24, 2.45) is 0 Å². The average molecular weight is 356 g/mol. The Hall–Kier alpha value is -2.60. The first kappa shape index (κ1) is 18.2. The summed E-state index contributed by atoms with van der Waals surface area (Å²) in [6.45, 7) is 2.72. The molecule has 0 saturated carbocycles. The van der Waals surface area contributed by atoms with Crippen LogP contribution in [0.4, 0.5) is 4.79 Å². The van der Waals surface area contributed by atoms with Crippen molar-refractivity contribution >= 4 is 6.09 Å². The summed E-state index contributed by atoms with van der Waals surface area (Å²) >= 11 is 0. The molecule has 2 N–H and O–H groups in total. The molecule has 2 heterocycles. The predicted molar refractivity (Wildman–Crippen MR) is 98.8 cm³/mol. The van der Waals surface area contributed by atoms with Gasteiger partial charge in [-0.3, -0.25) is 4.79 Å². The Kier molecular flexibility index (Phi) is 5.73. The van der Waals surface area contributed by atoms with Gasteiger partial charge >= 0.3 is 6.09 Å². The Morgan fingerprint density at radius 2 is 2.04 bits per heavy atom. The third-order valence-electron chi connectivity index (χ3n) is 4.87. The van der Waals surface area contributed by atoms with Gasteiger partial charge in [-0.1, -0.05) is 24.3 Å². The summed E-state index contributed by atoms with van der Waals surface area (Å²) in [7, 11) is 0. The van der Waals surface area contributed by atoms with Gasteiger partial charge in [0.2, 0.25) is 0 Å². The fraction of sp³-hybridized carbons (Fsp3) is 0.400. The van der Waals surface area contributed by atoms with Crippen LogP contribution in [0.1, 0.15) is 37.8 Å². The monoisotopic (exact) mass is 356 g/mol. The number of pyridine rings is 1. The molecular formula is C20H24N2O4. The van der Waals surface area contributed by atoms with E-state index in [0.29, 0.717) is 24.9 Å². The standard InChI is InChI=1S/C20H24N2O4/c1-14(22-12-10-17(4-3-13-23)26-20(22)25)15-6-8-16(9-7-15)18-5-2-11-21-19(18)24/h2,5-9,11,14,17,23H,3-4,10,12-13H2,1H3,(H,21,24)/t14?,17-/m1/s1. The number of ether oxygens (including phenoxy) is 1. The Morgan fingerprint density at radius 1 is 1.27 bits per heavy atom. The van der Waals surface area contributed by atoms with Crippen LogP contribution in [0.3, 0.4) is 0 Å². The SMILES string of the molecule is CC(c1ccc(-c2ccc[nH]c2=O)cc1)N1CC[C@@H](CCCO)OC1=O. The number of nitrogens with zero attached hydrogens (tertiary/aromatic N) is 1. The van der Waals surface area contributed by atoms with Gasteiger partial charge in [-0.05, 0) is 43.0 Å². The van der Waals surface area contributed by atoms with Crippen LogP contribution in [-0.2, 0) is 4.74 Å². The first-order valence-corrected chi connectivity index (χ1v) is 8.96. The van der Waals surface area contributed by atoms with Gasteiger partial charge in [-0.15, -0.1) is 0 Å². The van der Waals surface area contributed by atoms with Crippen LogP contribution in [0.5, 0.6) is 0 Å². The maximum atomic E-state index is 12.3. The normalized spacial score (nSPS) is 18.5. The van der Waals surface area contributed by atoms with Crippen molar-refractivity contribution in [2.75, 3.05) is 13.2 Å². The molecule has 1 aliphatic heterocycles. The molecule has 0 radical (unpaired) electrons. The highest BCUT2D eigenvalue weighted by Crippen LogP contribution is 2.27. The summed E-state index contributed by atoms with van der Waals surface area (Å²) in [6.07, 6.45) is 3.31. The van der Waals surface area contributed by atoms with E-state index in [-0.39, 0.29) is 30.4 Å². The van der Waals surface area contributed by atoms with Crippen LogP contribution in [-0.4, -0.2) is 40.3 Å². The highest BCUT2D eigenvalue weighted by Gasteiger charge is 2.30. The van der Waals surface area contributed by atoms with E-state index < -0.39 is 0 Å². The van der Waals surface area contributed by atoms with Crippen molar-refractivity contribution in [3.63, 3.8) is 0 Å². The summed E-state index contributed by atoms with van der Waals surface area (Å²) in [5.41, 5.74) is 2.33. The largest absolute Gasteiger partial charge is 0.446 e. The van der Waals surface area contributed by atoms with Gasteiger partial charge in [-0.2, -0.15) is 0 Å². The molecule has 6 nitrogen and oxygen atoms in total. The van der Waals surface area contributed by atoms with E-state index in [0.717, 1.165) is 17.5 Å². The van der Waals surface area contributed by atoms with Crippen LogP contribution in [0.15, 0.2) is 47.4 Å². The Labute approximate surface area is 152 Å². The highest BCUT2D eigenvalue weighted by atomic mass is 16.6. The molecule has 1 saturated heterocycles. The van der Waals surface area contributed by atoms with E-state index >= 15 is 0 Å². The second-order valence-corrected chi connectivity index (χ2v) is 6.56. The molecule has 1 aromatic carbocycles. The van der Waals surface area contributed by atoms with E-state index in [1.165, 1.54) is 0 Å². The number of rotatable bonds is 6. The molecule has 1 unspecified atom stereocenters. The zero-order valence-corrected chi connectivity index (χ0v) is 14.9. The first-order valence-electron chi connectivity index (χ1n) is 8.96. The fourth-order valence-corrected chi connectivity index (χ4v) is 3.29. The maximum Gasteiger partial charge on any atom is 0.410 e. The minimum atomic E-state index is -0.310. The number of aliphatic hydroxyl groups excluding tert-OH is 1. The smallest absolute Gasteiger partial charge is 0.410 e. The number of aromatic amines is 1. The van der Waals surface area contributed by atoms with Crippen LogP contribution < -0.4 is 5.56 Å². The van der Waals surface area contributed by atoms with Crippen molar-refractivity contribution in [1.29, 1.82) is 0 Å². The average Bonchev–Trinajstić information content (AvgIpc) is 2.66. The van der Waals surface area contributed by atoms with E-state index in [4.69, 9.17) is 9.84 Å². The number of aromatic nitrogens is 1. The van der Waals surface area contributed by atoms with Crippen LogP contribution in [0.2, 0.25) is 0 Å². The molecular weight excluding hydrogens is 332 g/mol. The molecule has 0 aliphatic carbocycles. The fourth-order valence-electron chi connectivity index (χ4n) is 3.29. The quantitative estimate of drug-likeness (QED) is 0.833. The molecule has 1 aliphatic rings. The van der Waals surface area contributed by atoms with Crippen molar-refractivity contribution in [1.82, 2.24) is 9.88 Å². The summed E-state index contributed by atoms with van der Waals surface area (Å²) in [6, 6.07) is 11.2. The number of hydrogen-bond acceptors (Lipinski definition) is 4. The summed E-state index contributed by atoms with van der Waals surface area (Å²) in [5.74, 6) is 0. The lowest BCUT2D eigenvalue weighted by atomic mass is 10.0. The summed E-state index contributed by atoms with van der Waals surface area (Å²) in [5, 5.41) is 8.90. The Morgan fingerprint density at radius 3 is 2.69 bits per heavy atom. The van der Waals surface area contributed by atoms with Crippen molar-refractivity contribution in [2.45, 2.75) is 38.3 Å². The number of benzene rings is 1. The van der Waals surface area contributed by atoms with E-state index in [1.54, 1.807) is 23.2 Å². The van der Waals surface area contributed by atoms with Crippen LogP contribution >= 0.6 is 0 Å². The van der Waals surface area contributed by atoms with Crippen molar-refractivity contribution < 1.29 is 14.6 Å². The summed E-state index contributed by atoms with van der Waals surface area (Å²) < 4.78 is 5.48. The zero-order chi connectivity index (χ0) is 18.5. The van der Waals surface area contributed by atoms with Gasteiger partial charge in [0.1, 0.15) is 6.10 Å². The molecule has 2 atom stereocenters.